The van der Waals surface area contributed by atoms with E-state index in [1.165, 1.54) is 13.2 Å². The van der Waals surface area contributed by atoms with Crippen LogP contribution in [0.1, 0.15) is 10.4 Å². The van der Waals surface area contributed by atoms with Crippen molar-refractivity contribution in [2.45, 2.75) is 0 Å². The second-order valence-corrected chi connectivity index (χ2v) is 4.59. The number of hydrogen-bond donors (Lipinski definition) is 2. The summed E-state index contributed by atoms with van der Waals surface area (Å²) in [4.78, 5) is 16.0. The Balaban J connectivity index is 2.25. The number of aromatic nitrogens is 1. The number of para-hydroxylation sites is 1. The predicted molar refractivity (Wildman–Crippen MR) is 74.5 cm³/mol. The molecule has 0 bridgehead atoms. The van der Waals surface area contributed by atoms with Crippen molar-refractivity contribution in [1.29, 1.82) is 0 Å². The van der Waals surface area contributed by atoms with E-state index in [1.54, 1.807) is 30.5 Å². The van der Waals surface area contributed by atoms with E-state index in [4.69, 9.17) is 4.74 Å². The quantitative estimate of drug-likeness (QED) is 0.911. The summed E-state index contributed by atoms with van der Waals surface area (Å²) in [7, 11) is 1.42. The Morgan fingerprint density at radius 3 is 2.89 bits per heavy atom. The molecule has 5 nitrogen and oxygen atoms in total. The van der Waals surface area contributed by atoms with Crippen LogP contribution in [0.3, 0.4) is 0 Å². The van der Waals surface area contributed by atoms with Crippen molar-refractivity contribution in [2.24, 2.45) is 0 Å². The van der Waals surface area contributed by atoms with Gasteiger partial charge in [-0.3, -0.25) is 4.79 Å². The zero-order chi connectivity index (χ0) is 13.8. The first-order valence-corrected chi connectivity index (χ1v) is 6.20. The number of nitrogens with one attached hydrogen (secondary N) is 1. The highest BCUT2D eigenvalue weighted by Gasteiger charge is 2.15. The number of anilines is 1. The van der Waals surface area contributed by atoms with Crippen molar-refractivity contribution in [3.05, 3.63) is 46.6 Å². The van der Waals surface area contributed by atoms with E-state index in [2.05, 4.69) is 26.2 Å². The molecule has 1 amide bonds. The normalized spacial score (nSPS) is 10.0. The van der Waals surface area contributed by atoms with E-state index >= 15 is 0 Å². The largest absolute Gasteiger partial charge is 0.504 e. The van der Waals surface area contributed by atoms with E-state index < -0.39 is 5.91 Å². The third-order valence-corrected chi connectivity index (χ3v) is 2.92. The number of aromatic hydroxyl groups is 1. The monoisotopic (exact) mass is 322 g/mol. The fourth-order valence-corrected chi connectivity index (χ4v) is 1.86. The van der Waals surface area contributed by atoms with Crippen LogP contribution >= 0.6 is 15.9 Å². The second-order valence-electron chi connectivity index (χ2n) is 3.67. The number of carbonyl (C=O) groups excluding carboxylic acids is 1. The lowest BCUT2D eigenvalue weighted by atomic mass is 10.1. The van der Waals surface area contributed by atoms with Crippen LogP contribution in [0.15, 0.2) is 41.0 Å². The van der Waals surface area contributed by atoms with Gasteiger partial charge >= 0.3 is 0 Å². The molecule has 0 radical (unpaired) electrons. The van der Waals surface area contributed by atoms with Crippen LogP contribution in [0.25, 0.3) is 0 Å². The molecule has 1 heterocycles. The first-order valence-electron chi connectivity index (χ1n) is 5.40. The number of ether oxygens (including phenoxy) is 1. The Morgan fingerprint density at radius 2 is 2.21 bits per heavy atom. The highest BCUT2D eigenvalue weighted by Crippen LogP contribution is 2.29. The van der Waals surface area contributed by atoms with Gasteiger partial charge in [0.2, 0.25) is 0 Å². The number of carbonyl (C=O) groups is 1. The first kappa shape index (κ1) is 13.4. The van der Waals surface area contributed by atoms with Crippen molar-refractivity contribution in [3.8, 4) is 11.5 Å². The van der Waals surface area contributed by atoms with E-state index in [1.807, 2.05) is 0 Å². The molecule has 0 atom stereocenters. The molecule has 19 heavy (non-hydrogen) atoms. The number of halogens is 1. The lowest BCUT2D eigenvalue weighted by Gasteiger charge is -2.09. The van der Waals surface area contributed by atoms with Gasteiger partial charge in [-0.05, 0) is 24.3 Å². The van der Waals surface area contributed by atoms with Crippen LogP contribution in [0.5, 0.6) is 11.5 Å². The Morgan fingerprint density at radius 1 is 1.42 bits per heavy atom. The Bertz CT molecular complexity index is 617. The number of hydrogen-bond acceptors (Lipinski definition) is 4. The Hall–Kier alpha value is -2.08. The van der Waals surface area contributed by atoms with Gasteiger partial charge in [0, 0.05) is 10.7 Å². The van der Waals surface area contributed by atoms with Crippen LogP contribution in [0.2, 0.25) is 0 Å². The van der Waals surface area contributed by atoms with Gasteiger partial charge < -0.3 is 15.2 Å². The second kappa shape index (κ2) is 5.71. The Kier molecular flexibility index (Phi) is 4.01. The molecule has 2 aromatic rings. The number of methoxy groups -OCH3 is 1. The number of nitrogens with zero attached hydrogens (tertiary/aromatic N) is 1. The standard InChI is InChI=1S/C13H11BrN2O3/c1-19-10-4-2-3-9(12(10)17)13(18)16-11-7-8(14)5-6-15-11/h2-7,17H,1H3,(H,15,16,18). The van der Waals surface area contributed by atoms with Crippen LogP contribution in [-0.4, -0.2) is 23.1 Å². The molecule has 0 unspecified atom stereocenters. The summed E-state index contributed by atoms with van der Waals surface area (Å²) in [6, 6.07) is 8.12. The summed E-state index contributed by atoms with van der Waals surface area (Å²) in [5, 5.41) is 12.5. The number of benzene rings is 1. The van der Waals surface area contributed by atoms with E-state index in [0.29, 0.717) is 5.82 Å². The minimum Gasteiger partial charge on any atom is -0.504 e. The molecular weight excluding hydrogens is 312 g/mol. The van der Waals surface area contributed by atoms with Crippen molar-refractivity contribution >= 4 is 27.7 Å². The zero-order valence-corrected chi connectivity index (χ0v) is 11.6. The number of rotatable bonds is 3. The minimum absolute atomic E-state index is 0.126. The molecule has 6 heteroatoms. The van der Waals surface area contributed by atoms with E-state index in [-0.39, 0.29) is 17.1 Å². The topological polar surface area (TPSA) is 71.5 Å². The highest BCUT2D eigenvalue weighted by molar-refractivity contribution is 9.10. The lowest BCUT2D eigenvalue weighted by Crippen LogP contribution is -2.13. The maximum Gasteiger partial charge on any atom is 0.260 e. The molecule has 2 N–H and O–H groups in total. The number of phenolic OH excluding ortho intramolecular Hbond substituents is 1. The average molecular weight is 323 g/mol. The summed E-state index contributed by atoms with van der Waals surface area (Å²) in [6.45, 7) is 0. The number of pyridine rings is 1. The third-order valence-electron chi connectivity index (χ3n) is 2.43. The fourth-order valence-electron chi connectivity index (χ4n) is 1.53. The van der Waals surface area contributed by atoms with Gasteiger partial charge in [0.1, 0.15) is 5.82 Å². The van der Waals surface area contributed by atoms with Crippen molar-refractivity contribution in [3.63, 3.8) is 0 Å². The summed E-state index contributed by atoms with van der Waals surface area (Å²) in [5.74, 6) is -0.0176. The molecule has 98 valence electrons. The highest BCUT2D eigenvalue weighted by atomic mass is 79.9. The lowest BCUT2D eigenvalue weighted by molar-refractivity contribution is 0.102. The maximum atomic E-state index is 12.0. The van der Waals surface area contributed by atoms with Gasteiger partial charge in [0.15, 0.2) is 11.5 Å². The molecule has 1 aromatic carbocycles. The molecule has 0 fully saturated rings. The van der Waals surface area contributed by atoms with Crippen LogP contribution in [0.4, 0.5) is 5.82 Å². The van der Waals surface area contributed by atoms with Crippen molar-refractivity contribution < 1.29 is 14.6 Å². The molecule has 0 aliphatic rings. The number of phenols is 1. The fraction of sp³-hybridized carbons (Fsp3) is 0.0769. The van der Waals surface area contributed by atoms with Crippen LogP contribution in [0, 0.1) is 0 Å². The number of amides is 1. The summed E-state index contributed by atoms with van der Waals surface area (Å²) in [5.41, 5.74) is 0.126. The van der Waals surface area contributed by atoms with Crippen molar-refractivity contribution in [1.82, 2.24) is 4.98 Å². The molecule has 0 saturated carbocycles. The molecular formula is C13H11BrN2O3. The average Bonchev–Trinajstić information content (AvgIpc) is 2.39. The molecule has 0 aliphatic heterocycles. The molecule has 2 rings (SSSR count). The van der Waals surface area contributed by atoms with Gasteiger partial charge in [-0.15, -0.1) is 0 Å². The predicted octanol–water partition coefficient (Wildman–Crippen LogP) is 2.81. The van der Waals surface area contributed by atoms with Crippen LogP contribution in [-0.2, 0) is 0 Å². The smallest absolute Gasteiger partial charge is 0.260 e. The van der Waals surface area contributed by atoms with Gasteiger partial charge in [-0.25, -0.2) is 4.98 Å². The summed E-state index contributed by atoms with van der Waals surface area (Å²) in [6.07, 6.45) is 1.56. The molecule has 0 spiro atoms. The Labute approximate surface area is 118 Å². The van der Waals surface area contributed by atoms with Gasteiger partial charge in [0.05, 0.1) is 12.7 Å². The van der Waals surface area contributed by atoms with E-state index in [9.17, 15) is 9.90 Å². The minimum atomic E-state index is -0.456. The SMILES string of the molecule is COc1cccc(C(=O)Nc2cc(Br)ccn2)c1O. The molecule has 1 aromatic heterocycles. The van der Waals surface area contributed by atoms with Gasteiger partial charge in [-0.1, -0.05) is 22.0 Å². The van der Waals surface area contributed by atoms with Gasteiger partial charge in [-0.2, -0.15) is 0 Å². The van der Waals surface area contributed by atoms with Crippen molar-refractivity contribution in [2.75, 3.05) is 12.4 Å². The first-order chi connectivity index (χ1) is 9.11. The summed E-state index contributed by atoms with van der Waals surface area (Å²) >= 11 is 3.28. The molecule has 0 saturated heterocycles. The summed E-state index contributed by atoms with van der Waals surface area (Å²) < 4.78 is 5.75. The van der Waals surface area contributed by atoms with E-state index in [0.717, 1.165) is 4.47 Å². The van der Waals surface area contributed by atoms with Gasteiger partial charge in [0.25, 0.3) is 5.91 Å². The maximum absolute atomic E-state index is 12.0. The zero-order valence-electron chi connectivity index (χ0n) is 10.1. The molecule has 0 aliphatic carbocycles. The van der Waals surface area contributed by atoms with Crippen LogP contribution < -0.4 is 10.1 Å². The third kappa shape index (κ3) is 3.03.